The van der Waals surface area contributed by atoms with Crippen LogP contribution in [0.3, 0.4) is 0 Å². The predicted octanol–water partition coefficient (Wildman–Crippen LogP) is 2.18. The Morgan fingerprint density at radius 2 is 1.94 bits per heavy atom. The zero-order valence-electron chi connectivity index (χ0n) is 10.5. The molecular weight excluding hydrogens is 226 g/mol. The Hall–Kier alpha value is -0.800. The summed E-state index contributed by atoms with van der Waals surface area (Å²) in [5.74, 6) is -0.0694. The summed E-state index contributed by atoms with van der Waals surface area (Å²) in [6, 6.07) is 0. The Morgan fingerprint density at radius 3 is 2.31 bits per heavy atom. The maximum atomic E-state index is 11.7. The van der Waals surface area contributed by atoms with Crippen molar-refractivity contribution in [2.24, 2.45) is 4.99 Å². The molecule has 0 spiro atoms. The summed E-state index contributed by atoms with van der Waals surface area (Å²) in [4.78, 5) is 25.6. The second kappa shape index (κ2) is 6.06. The van der Waals surface area contributed by atoms with Crippen molar-refractivity contribution in [1.29, 1.82) is 0 Å². The lowest BCUT2D eigenvalue weighted by Gasteiger charge is -2.25. The van der Waals surface area contributed by atoms with E-state index in [0.29, 0.717) is 5.75 Å². The average molecular weight is 245 g/mol. The SMILES string of the molecule is CCOC(=O)[C@@](C)(CSC(C)(C)C)N=C=O. The lowest BCUT2D eigenvalue weighted by atomic mass is 10.1. The number of ether oxygens (including phenoxy) is 1. The van der Waals surface area contributed by atoms with E-state index >= 15 is 0 Å². The molecule has 0 aliphatic carbocycles. The van der Waals surface area contributed by atoms with Gasteiger partial charge in [-0.3, -0.25) is 0 Å². The van der Waals surface area contributed by atoms with Crippen LogP contribution in [0.5, 0.6) is 0 Å². The number of nitrogens with zero attached hydrogens (tertiary/aromatic N) is 1. The number of hydrogen-bond donors (Lipinski definition) is 0. The van der Waals surface area contributed by atoms with E-state index in [0.717, 1.165) is 0 Å². The number of rotatable bonds is 5. The second-order valence-electron chi connectivity index (χ2n) is 4.60. The van der Waals surface area contributed by atoms with Crippen LogP contribution in [0, 0.1) is 0 Å². The highest BCUT2D eigenvalue weighted by Crippen LogP contribution is 2.29. The fraction of sp³-hybridized carbons (Fsp3) is 0.818. The minimum Gasteiger partial charge on any atom is -0.464 e. The Labute approximate surface area is 101 Å². The standard InChI is InChI=1S/C11H19NO3S/c1-6-15-9(14)11(5,12-8-13)7-16-10(2,3)4/h6-7H2,1-5H3/t11-/m1/s1. The van der Waals surface area contributed by atoms with E-state index in [1.807, 2.05) is 20.8 Å². The summed E-state index contributed by atoms with van der Waals surface area (Å²) < 4.78 is 4.91. The maximum absolute atomic E-state index is 11.7. The molecule has 92 valence electrons. The van der Waals surface area contributed by atoms with Gasteiger partial charge < -0.3 is 4.74 Å². The van der Waals surface area contributed by atoms with Crippen molar-refractivity contribution in [3.8, 4) is 0 Å². The Morgan fingerprint density at radius 1 is 1.38 bits per heavy atom. The van der Waals surface area contributed by atoms with Crippen molar-refractivity contribution < 1.29 is 14.3 Å². The van der Waals surface area contributed by atoms with Crippen molar-refractivity contribution in [2.75, 3.05) is 12.4 Å². The number of carbonyl (C=O) groups is 1. The van der Waals surface area contributed by atoms with Gasteiger partial charge in [-0.15, -0.1) is 0 Å². The lowest BCUT2D eigenvalue weighted by Crippen LogP contribution is -2.38. The fourth-order valence-corrected chi connectivity index (χ4v) is 1.78. The van der Waals surface area contributed by atoms with E-state index in [2.05, 4.69) is 4.99 Å². The molecule has 0 aliphatic rings. The van der Waals surface area contributed by atoms with E-state index in [1.165, 1.54) is 6.08 Å². The van der Waals surface area contributed by atoms with E-state index in [9.17, 15) is 9.59 Å². The normalized spacial score (nSPS) is 14.8. The monoisotopic (exact) mass is 245 g/mol. The largest absolute Gasteiger partial charge is 0.464 e. The zero-order chi connectivity index (χ0) is 12.8. The first-order valence-electron chi connectivity index (χ1n) is 5.15. The van der Waals surface area contributed by atoms with Crippen LogP contribution < -0.4 is 0 Å². The number of esters is 1. The van der Waals surface area contributed by atoms with Crippen molar-refractivity contribution in [3.05, 3.63) is 0 Å². The minimum atomic E-state index is -1.13. The zero-order valence-corrected chi connectivity index (χ0v) is 11.3. The summed E-state index contributed by atoms with van der Waals surface area (Å²) in [5, 5.41) is 0. The molecule has 0 radical (unpaired) electrons. The molecule has 0 N–H and O–H groups in total. The quantitative estimate of drug-likeness (QED) is 0.423. The van der Waals surface area contributed by atoms with Gasteiger partial charge in [0.15, 0.2) is 5.54 Å². The molecule has 4 nitrogen and oxygen atoms in total. The second-order valence-corrected chi connectivity index (χ2v) is 6.40. The molecule has 0 rings (SSSR count). The summed E-state index contributed by atoms with van der Waals surface area (Å²) in [7, 11) is 0. The molecule has 0 aliphatic heterocycles. The van der Waals surface area contributed by atoms with Gasteiger partial charge in [-0.05, 0) is 13.8 Å². The van der Waals surface area contributed by atoms with Gasteiger partial charge in [-0.25, -0.2) is 9.59 Å². The molecule has 0 saturated heterocycles. The van der Waals surface area contributed by atoms with Crippen molar-refractivity contribution in [1.82, 2.24) is 0 Å². The summed E-state index contributed by atoms with van der Waals surface area (Å²) in [5.41, 5.74) is -1.13. The molecule has 0 aromatic heterocycles. The van der Waals surface area contributed by atoms with Crippen molar-refractivity contribution >= 4 is 23.8 Å². The van der Waals surface area contributed by atoms with Crippen LogP contribution in [0.15, 0.2) is 4.99 Å². The van der Waals surface area contributed by atoms with Crippen LogP contribution >= 0.6 is 11.8 Å². The number of hydrogen-bond acceptors (Lipinski definition) is 5. The van der Waals surface area contributed by atoms with Crippen molar-refractivity contribution in [3.63, 3.8) is 0 Å². The van der Waals surface area contributed by atoms with E-state index in [1.54, 1.807) is 25.6 Å². The van der Waals surface area contributed by atoms with Gasteiger partial charge in [0, 0.05) is 10.5 Å². The van der Waals surface area contributed by atoms with Crippen LogP contribution in [0.2, 0.25) is 0 Å². The van der Waals surface area contributed by atoms with E-state index < -0.39 is 11.5 Å². The minimum absolute atomic E-state index is 0.00611. The van der Waals surface area contributed by atoms with Crippen molar-refractivity contribution in [2.45, 2.75) is 44.9 Å². The van der Waals surface area contributed by atoms with Gasteiger partial charge in [-0.2, -0.15) is 16.8 Å². The van der Waals surface area contributed by atoms with Crippen LogP contribution in [0.25, 0.3) is 0 Å². The Bertz CT molecular complexity index is 292. The van der Waals surface area contributed by atoms with Crippen LogP contribution in [-0.4, -0.2) is 34.7 Å². The van der Waals surface area contributed by atoms with E-state index in [4.69, 9.17) is 4.74 Å². The average Bonchev–Trinajstić information content (AvgIpc) is 2.15. The fourth-order valence-electron chi connectivity index (χ4n) is 0.881. The molecule has 16 heavy (non-hydrogen) atoms. The molecule has 0 amide bonds. The summed E-state index contributed by atoms with van der Waals surface area (Å²) >= 11 is 1.56. The topological polar surface area (TPSA) is 55.7 Å². The van der Waals surface area contributed by atoms with E-state index in [-0.39, 0.29) is 11.4 Å². The third-order valence-corrected chi connectivity index (χ3v) is 3.37. The Balaban J connectivity index is 4.70. The molecule has 0 aromatic rings. The van der Waals surface area contributed by atoms with Crippen LogP contribution in [0.4, 0.5) is 0 Å². The third kappa shape index (κ3) is 5.33. The number of isocyanates is 1. The van der Waals surface area contributed by atoms with Crippen LogP contribution in [-0.2, 0) is 14.3 Å². The predicted molar refractivity (Wildman–Crippen MR) is 65.4 cm³/mol. The first-order valence-corrected chi connectivity index (χ1v) is 6.14. The molecule has 0 bridgehead atoms. The van der Waals surface area contributed by atoms with Gasteiger partial charge in [-0.1, -0.05) is 20.8 Å². The maximum Gasteiger partial charge on any atom is 0.335 e. The molecule has 1 atom stereocenters. The highest BCUT2D eigenvalue weighted by molar-refractivity contribution is 8.00. The highest BCUT2D eigenvalue weighted by Gasteiger charge is 2.36. The molecular formula is C11H19NO3S. The summed E-state index contributed by atoms with van der Waals surface area (Å²) in [6.45, 7) is 9.70. The number of thioether (sulfide) groups is 1. The summed E-state index contributed by atoms with van der Waals surface area (Å²) in [6.07, 6.45) is 1.44. The molecule has 0 saturated carbocycles. The number of aliphatic imine (C=N–C) groups is 1. The van der Waals surface area contributed by atoms with Crippen LogP contribution in [0.1, 0.15) is 34.6 Å². The van der Waals surface area contributed by atoms with Gasteiger partial charge in [0.2, 0.25) is 6.08 Å². The first-order chi connectivity index (χ1) is 7.25. The highest BCUT2D eigenvalue weighted by atomic mass is 32.2. The molecule has 0 heterocycles. The Kier molecular flexibility index (Phi) is 5.76. The van der Waals surface area contributed by atoms with Gasteiger partial charge >= 0.3 is 5.97 Å². The molecule has 0 fully saturated rings. The first kappa shape index (κ1) is 15.2. The smallest absolute Gasteiger partial charge is 0.335 e. The molecule has 0 unspecified atom stereocenters. The molecule has 0 aromatic carbocycles. The van der Waals surface area contributed by atoms with Gasteiger partial charge in [0.1, 0.15) is 0 Å². The number of carbonyl (C=O) groups excluding carboxylic acids is 2. The third-order valence-electron chi connectivity index (χ3n) is 1.79. The van der Waals surface area contributed by atoms with Gasteiger partial charge in [0.25, 0.3) is 0 Å². The van der Waals surface area contributed by atoms with Gasteiger partial charge in [0.05, 0.1) is 6.61 Å². The molecule has 5 heteroatoms. The lowest BCUT2D eigenvalue weighted by molar-refractivity contribution is -0.147.